The zero-order valence-corrected chi connectivity index (χ0v) is 13.2. The maximum Gasteiger partial charge on any atom is 0.306 e. The fourth-order valence-electron chi connectivity index (χ4n) is 3.48. The van der Waals surface area contributed by atoms with Gasteiger partial charge in [-0.15, -0.1) is 0 Å². The van der Waals surface area contributed by atoms with E-state index in [9.17, 15) is 9.18 Å². The van der Waals surface area contributed by atoms with Crippen LogP contribution in [0.3, 0.4) is 0 Å². The summed E-state index contributed by atoms with van der Waals surface area (Å²) in [7, 11) is 0. The molecule has 0 saturated carbocycles. The molecule has 2 atom stereocenters. The predicted molar refractivity (Wildman–Crippen MR) is 82.6 cm³/mol. The summed E-state index contributed by atoms with van der Waals surface area (Å²) >= 11 is 0. The Hall–Kier alpha value is -1.53. The summed E-state index contributed by atoms with van der Waals surface area (Å²) in [5.74, 6) is -1.18. The van der Waals surface area contributed by atoms with Crippen molar-refractivity contribution < 1.29 is 19.0 Å². The van der Waals surface area contributed by atoms with Gasteiger partial charge in [0.2, 0.25) is 0 Å². The molecule has 6 heteroatoms. The van der Waals surface area contributed by atoms with Crippen molar-refractivity contribution in [2.45, 2.75) is 44.3 Å². The van der Waals surface area contributed by atoms with Gasteiger partial charge in [-0.3, -0.25) is 9.78 Å². The summed E-state index contributed by atoms with van der Waals surface area (Å²) in [5.41, 5.74) is 0.860. The summed E-state index contributed by atoms with van der Waals surface area (Å²) in [5, 5.41) is 9.03. The number of piperidine rings is 1. The highest BCUT2D eigenvalue weighted by atomic mass is 19.1. The van der Waals surface area contributed by atoms with Gasteiger partial charge in [0, 0.05) is 18.7 Å². The second-order valence-corrected chi connectivity index (χ2v) is 6.54. The van der Waals surface area contributed by atoms with Crippen LogP contribution in [0.15, 0.2) is 18.3 Å². The highest BCUT2D eigenvalue weighted by molar-refractivity contribution is 5.70. The maximum absolute atomic E-state index is 12.9. The number of nitrogens with zero attached hydrogens (tertiary/aromatic N) is 2. The summed E-state index contributed by atoms with van der Waals surface area (Å²) in [4.78, 5) is 17.4. The molecule has 0 bridgehead atoms. The Morgan fingerprint density at radius 2 is 2.00 bits per heavy atom. The molecule has 0 unspecified atom stereocenters. The van der Waals surface area contributed by atoms with Crippen LogP contribution in [-0.4, -0.2) is 52.8 Å². The molecular formula is C17H23FN2O3. The van der Waals surface area contributed by atoms with Crippen molar-refractivity contribution in [3.8, 4) is 0 Å². The molecule has 2 fully saturated rings. The molecule has 0 aromatic carbocycles. The van der Waals surface area contributed by atoms with Crippen LogP contribution in [0, 0.1) is 11.7 Å². The van der Waals surface area contributed by atoms with Crippen LogP contribution in [0.5, 0.6) is 0 Å². The van der Waals surface area contributed by atoms with E-state index in [0.29, 0.717) is 0 Å². The lowest BCUT2D eigenvalue weighted by molar-refractivity contribution is -0.143. The van der Waals surface area contributed by atoms with Gasteiger partial charge in [0.25, 0.3) is 0 Å². The van der Waals surface area contributed by atoms with Crippen molar-refractivity contribution in [1.82, 2.24) is 9.88 Å². The van der Waals surface area contributed by atoms with Crippen molar-refractivity contribution in [2.24, 2.45) is 5.92 Å². The number of rotatable bonds is 5. The average molecular weight is 322 g/mol. The highest BCUT2D eigenvalue weighted by Crippen LogP contribution is 2.25. The Morgan fingerprint density at radius 3 is 2.65 bits per heavy atom. The van der Waals surface area contributed by atoms with Gasteiger partial charge in [-0.25, -0.2) is 4.39 Å². The van der Waals surface area contributed by atoms with Gasteiger partial charge in [-0.05, 0) is 50.9 Å². The first kappa shape index (κ1) is 16.3. The lowest BCUT2D eigenvalue weighted by Crippen LogP contribution is -2.40. The van der Waals surface area contributed by atoms with Crippen molar-refractivity contribution in [2.75, 3.05) is 19.6 Å². The zero-order chi connectivity index (χ0) is 16.2. The first-order chi connectivity index (χ1) is 11.1. The van der Waals surface area contributed by atoms with Gasteiger partial charge in [-0.1, -0.05) is 0 Å². The molecule has 1 aromatic rings. The van der Waals surface area contributed by atoms with Crippen LogP contribution in [0.4, 0.5) is 4.39 Å². The fourth-order valence-corrected chi connectivity index (χ4v) is 3.48. The van der Waals surface area contributed by atoms with Gasteiger partial charge >= 0.3 is 5.97 Å². The van der Waals surface area contributed by atoms with Crippen molar-refractivity contribution >= 4 is 5.97 Å². The molecule has 0 amide bonds. The van der Waals surface area contributed by atoms with Crippen molar-refractivity contribution in [1.29, 1.82) is 0 Å². The number of pyridine rings is 1. The van der Waals surface area contributed by atoms with E-state index in [2.05, 4.69) is 9.88 Å². The largest absolute Gasteiger partial charge is 0.481 e. The van der Waals surface area contributed by atoms with Crippen LogP contribution >= 0.6 is 0 Å². The Balaban J connectivity index is 1.42. The van der Waals surface area contributed by atoms with Crippen LogP contribution in [0.25, 0.3) is 0 Å². The molecule has 3 rings (SSSR count). The maximum atomic E-state index is 12.9. The minimum absolute atomic E-state index is 0.148. The topological polar surface area (TPSA) is 62.7 Å². The van der Waals surface area contributed by atoms with Gasteiger partial charge in [-0.2, -0.15) is 0 Å². The summed E-state index contributed by atoms with van der Waals surface area (Å²) in [6.45, 7) is 2.54. The quantitative estimate of drug-likeness (QED) is 0.899. The zero-order valence-electron chi connectivity index (χ0n) is 13.2. The minimum Gasteiger partial charge on any atom is -0.481 e. The van der Waals surface area contributed by atoms with Gasteiger partial charge in [0.1, 0.15) is 5.82 Å². The van der Waals surface area contributed by atoms with E-state index in [1.54, 1.807) is 6.07 Å². The Bertz CT molecular complexity index is 529. The van der Waals surface area contributed by atoms with E-state index in [4.69, 9.17) is 9.84 Å². The first-order valence-corrected chi connectivity index (χ1v) is 8.31. The highest BCUT2D eigenvalue weighted by Gasteiger charge is 2.30. The third-order valence-electron chi connectivity index (χ3n) is 4.82. The molecule has 3 heterocycles. The summed E-state index contributed by atoms with van der Waals surface area (Å²) in [6, 6.07) is 3.14. The first-order valence-electron chi connectivity index (χ1n) is 8.31. The van der Waals surface area contributed by atoms with E-state index < -0.39 is 5.97 Å². The number of carbonyl (C=O) groups is 1. The van der Waals surface area contributed by atoms with Gasteiger partial charge in [0.05, 0.1) is 24.3 Å². The van der Waals surface area contributed by atoms with E-state index in [1.165, 1.54) is 12.3 Å². The third kappa shape index (κ3) is 4.48. The number of carboxylic acid groups (broad SMARTS) is 1. The molecular weight excluding hydrogens is 299 g/mol. The Kier molecular flexibility index (Phi) is 5.23. The number of likely N-dealkylation sites (tertiary alicyclic amines) is 1. The fraction of sp³-hybridized carbons (Fsp3) is 0.647. The number of hydrogen-bond acceptors (Lipinski definition) is 4. The van der Waals surface area contributed by atoms with Crippen molar-refractivity contribution in [3.05, 3.63) is 29.8 Å². The Labute approximate surface area is 135 Å². The molecule has 23 heavy (non-hydrogen) atoms. The van der Waals surface area contributed by atoms with E-state index in [0.717, 1.165) is 57.4 Å². The van der Waals surface area contributed by atoms with Gasteiger partial charge in [0.15, 0.2) is 0 Å². The average Bonchev–Trinajstić information content (AvgIpc) is 2.97. The molecule has 0 radical (unpaired) electrons. The van der Waals surface area contributed by atoms with Crippen LogP contribution < -0.4 is 0 Å². The second kappa shape index (κ2) is 7.36. The molecule has 2 saturated heterocycles. The smallest absolute Gasteiger partial charge is 0.306 e. The lowest BCUT2D eigenvalue weighted by atomic mass is 9.97. The van der Waals surface area contributed by atoms with E-state index in [1.807, 2.05) is 0 Å². The van der Waals surface area contributed by atoms with E-state index >= 15 is 0 Å². The molecule has 2 aliphatic rings. The predicted octanol–water partition coefficient (Wildman–Crippen LogP) is 2.11. The SMILES string of the molecule is O=C(O)C1CCN(C[C@H]2CC[C@@H](Cc3ccc(F)cn3)O2)CC1. The normalized spacial score (nSPS) is 26.5. The summed E-state index contributed by atoms with van der Waals surface area (Å²) < 4.78 is 18.9. The number of halogens is 1. The molecule has 126 valence electrons. The number of aliphatic carboxylic acids is 1. The lowest BCUT2D eigenvalue weighted by Gasteiger charge is -2.31. The number of ether oxygens (including phenoxy) is 1. The Morgan fingerprint density at radius 1 is 1.26 bits per heavy atom. The van der Waals surface area contributed by atoms with E-state index in [-0.39, 0.29) is 23.9 Å². The number of hydrogen-bond donors (Lipinski definition) is 1. The molecule has 5 nitrogen and oxygen atoms in total. The second-order valence-electron chi connectivity index (χ2n) is 6.54. The molecule has 0 spiro atoms. The number of carboxylic acids is 1. The third-order valence-corrected chi connectivity index (χ3v) is 4.82. The number of aromatic nitrogens is 1. The molecule has 1 N–H and O–H groups in total. The molecule has 1 aromatic heterocycles. The standard InChI is InChI=1S/C17H23FN2O3/c18-13-1-2-14(19-10-13)9-15-3-4-16(23-15)11-20-7-5-12(6-8-20)17(21)22/h1-2,10,12,15-16H,3-9,11H2,(H,21,22)/t15-,16+/m0/s1. The van der Waals surface area contributed by atoms with Crippen LogP contribution in [0.2, 0.25) is 0 Å². The monoisotopic (exact) mass is 322 g/mol. The molecule has 0 aliphatic carbocycles. The van der Waals surface area contributed by atoms with Crippen molar-refractivity contribution in [3.63, 3.8) is 0 Å². The minimum atomic E-state index is -0.673. The van der Waals surface area contributed by atoms with Crippen LogP contribution in [0.1, 0.15) is 31.4 Å². The summed E-state index contributed by atoms with van der Waals surface area (Å²) in [6.07, 6.45) is 5.79. The molecule has 2 aliphatic heterocycles. The van der Waals surface area contributed by atoms with Crippen LogP contribution in [-0.2, 0) is 16.0 Å². The van der Waals surface area contributed by atoms with Gasteiger partial charge < -0.3 is 14.7 Å².